The molecule has 0 aromatic heterocycles. The monoisotopic (exact) mass is 510 g/mol. The Hall–Kier alpha value is -2.74. The molecule has 2 aliphatic heterocycles. The van der Waals surface area contributed by atoms with Crippen molar-refractivity contribution in [3.8, 4) is 0 Å². The Morgan fingerprint density at radius 2 is 1.86 bits per heavy atom. The van der Waals surface area contributed by atoms with Crippen molar-refractivity contribution in [2.75, 3.05) is 6.54 Å². The predicted molar refractivity (Wildman–Crippen MR) is 136 cm³/mol. The van der Waals surface area contributed by atoms with E-state index in [2.05, 4.69) is 24.5 Å². The Labute approximate surface area is 217 Å². The number of ketones is 2. The molecule has 3 aliphatic carbocycles. The van der Waals surface area contributed by atoms with Gasteiger partial charge in [0.05, 0.1) is 6.10 Å². The minimum absolute atomic E-state index is 0.0374. The highest BCUT2D eigenvalue weighted by Gasteiger charge is 2.58. The molecule has 4 N–H and O–H groups in total. The quantitative estimate of drug-likeness (QED) is 0.401. The van der Waals surface area contributed by atoms with E-state index in [-0.39, 0.29) is 53.9 Å². The molecular formula is C29H38N2O6. The van der Waals surface area contributed by atoms with Crippen LogP contribution in [0.5, 0.6) is 0 Å². The third kappa shape index (κ3) is 4.58. The fourth-order valence-corrected chi connectivity index (χ4v) is 8.25. The largest absolute Gasteiger partial charge is 0.507 e. The minimum Gasteiger partial charge on any atom is -0.507 e. The zero-order valence-electron chi connectivity index (χ0n) is 21.6. The van der Waals surface area contributed by atoms with Crippen LogP contribution < -0.4 is 10.6 Å². The normalized spacial score (nSPS) is 46.0. The van der Waals surface area contributed by atoms with Gasteiger partial charge in [-0.05, 0) is 79.3 Å². The maximum absolute atomic E-state index is 13.5. The van der Waals surface area contributed by atoms with Gasteiger partial charge in [0.15, 0.2) is 5.78 Å². The third-order valence-electron chi connectivity index (χ3n) is 9.99. The number of aliphatic hydroxyl groups is 2. The summed E-state index contributed by atoms with van der Waals surface area (Å²) in [5, 5.41) is 26.3. The summed E-state index contributed by atoms with van der Waals surface area (Å²) >= 11 is 0. The van der Waals surface area contributed by atoms with Crippen LogP contribution in [0.15, 0.2) is 35.6 Å². The Morgan fingerprint density at radius 3 is 2.62 bits per heavy atom. The summed E-state index contributed by atoms with van der Waals surface area (Å²) in [4.78, 5) is 51.2. The van der Waals surface area contributed by atoms with E-state index in [0.717, 1.165) is 12.8 Å². The van der Waals surface area contributed by atoms with Gasteiger partial charge < -0.3 is 20.8 Å². The number of aliphatic hydroxyl groups excluding tert-OH is 2. The first kappa shape index (κ1) is 25.9. The van der Waals surface area contributed by atoms with Crippen LogP contribution in [0.1, 0.15) is 52.4 Å². The fourth-order valence-electron chi connectivity index (χ4n) is 8.25. The lowest BCUT2D eigenvalue weighted by Crippen LogP contribution is -2.42. The predicted octanol–water partition coefficient (Wildman–Crippen LogP) is 2.39. The molecule has 37 heavy (non-hydrogen) atoms. The van der Waals surface area contributed by atoms with Gasteiger partial charge in [0.2, 0.25) is 5.91 Å². The van der Waals surface area contributed by atoms with E-state index >= 15 is 0 Å². The molecule has 1 saturated heterocycles. The minimum atomic E-state index is -1.20. The third-order valence-corrected chi connectivity index (χ3v) is 9.99. The van der Waals surface area contributed by atoms with Crippen LogP contribution in [0.2, 0.25) is 0 Å². The van der Waals surface area contributed by atoms with E-state index in [0.29, 0.717) is 36.5 Å². The molecule has 0 unspecified atom stereocenters. The number of carbonyl (C=O) groups is 4. The molecular weight excluding hydrogens is 472 g/mol. The van der Waals surface area contributed by atoms with Crippen LogP contribution in [0, 0.1) is 47.3 Å². The standard InChI is InChI=1S/C29H38N2O6/c1-3-15-11-17-12-19-18-5-4-6-23(35)30-10-9-21(33)27-28(36)26(29(37)31-27)20(32)8-7-16(18)13-22(34)25(19)24(17)14(15)2/h4,6-8,14-19,21,24-25,27,32-33H,3,5,9-13H2,1-2H3,(H,30,35)(H,31,37)/b6-4-,8-7+,26-20-/t14-,15-,16+,17-,18-,19+,21+,24+,25-,27-/m0/s1. The summed E-state index contributed by atoms with van der Waals surface area (Å²) in [5.74, 6) is 0.507. The number of nitrogens with one attached hydrogen (secondary N) is 2. The van der Waals surface area contributed by atoms with E-state index in [4.69, 9.17) is 0 Å². The van der Waals surface area contributed by atoms with E-state index in [9.17, 15) is 29.4 Å². The Kier molecular flexibility index (Phi) is 7.14. The second-order valence-electron chi connectivity index (χ2n) is 11.7. The van der Waals surface area contributed by atoms with Crippen LogP contribution in [0.25, 0.3) is 0 Å². The number of amides is 2. The molecule has 0 aromatic rings. The average Bonchev–Trinajstić information content (AvgIpc) is 3.48. The zero-order valence-corrected chi connectivity index (χ0v) is 21.6. The first-order valence-corrected chi connectivity index (χ1v) is 13.8. The molecule has 5 aliphatic rings. The van der Waals surface area contributed by atoms with Crippen LogP contribution in [-0.2, 0) is 19.2 Å². The van der Waals surface area contributed by atoms with Gasteiger partial charge in [0, 0.05) is 18.9 Å². The number of allylic oxidation sites excluding steroid dienone is 3. The lowest BCUT2D eigenvalue weighted by molar-refractivity contribution is -0.131. The second kappa shape index (κ2) is 10.2. The summed E-state index contributed by atoms with van der Waals surface area (Å²) < 4.78 is 0. The Balaban J connectivity index is 1.47. The van der Waals surface area contributed by atoms with Crippen LogP contribution in [0.3, 0.4) is 0 Å². The maximum atomic E-state index is 13.5. The number of hydrogen-bond acceptors (Lipinski definition) is 6. The number of Topliss-reactive ketones (excluding diaryl/α,β-unsaturated/α-hetero) is 2. The van der Waals surface area contributed by atoms with Gasteiger partial charge in [0.1, 0.15) is 23.2 Å². The fraction of sp³-hybridized carbons (Fsp3) is 0.655. The maximum Gasteiger partial charge on any atom is 0.259 e. The molecule has 8 heteroatoms. The molecule has 2 heterocycles. The zero-order chi connectivity index (χ0) is 26.4. The molecule has 2 bridgehead atoms. The molecule has 0 radical (unpaired) electrons. The molecule has 2 amide bonds. The average molecular weight is 511 g/mol. The first-order chi connectivity index (χ1) is 17.7. The van der Waals surface area contributed by atoms with Crippen LogP contribution in [-0.4, -0.2) is 52.3 Å². The Morgan fingerprint density at radius 1 is 1.08 bits per heavy atom. The topological polar surface area (TPSA) is 133 Å². The van der Waals surface area contributed by atoms with Gasteiger partial charge in [-0.3, -0.25) is 19.2 Å². The van der Waals surface area contributed by atoms with Crippen molar-refractivity contribution in [3.63, 3.8) is 0 Å². The van der Waals surface area contributed by atoms with Gasteiger partial charge in [-0.25, -0.2) is 0 Å². The Bertz CT molecular complexity index is 1080. The summed E-state index contributed by atoms with van der Waals surface area (Å²) in [5.41, 5.74) is -0.372. The molecule has 0 spiro atoms. The number of fused-ring (bicyclic) bond motifs is 7. The van der Waals surface area contributed by atoms with Gasteiger partial charge >= 0.3 is 0 Å². The van der Waals surface area contributed by atoms with Crippen molar-refractivity contribution in [2.24, 2.45) is 47.3 Å². The molecule has 5 rings (SSSR count). The van der Waals surface area contributed by atoms with E-state index in [1.165, 1.54) is 18.6 Å². The summed E-state index contributed by atoms with van der Waals surface area (Å²) in [6.45, 7) is 4.68. The molecule has 10 atom stereocenters. The van der Waals surface area contributed by atoms with Crippen molar-refractivity contribution in [1.29, 1.82) is 0 Å². The molecule has 200 valence electrons. The van der Waals surface area contributed by atoms with Crippen molar-refractivity contribution >= 4 is 23.4 Å². The highest BCUT2D eigenvalue weighted by molar-refractivity contribution is 6.27. The number of rotatable bonds is 1. The van der Waals surface area contributed by atoms with E-state index in [1.54, 1.807) is 6.08 Å². The smallest absolute Gasteiger partial charge is 0.259 e. The lowest BCUT2D eigenvalue weighted by Gasteiger charge is -2.40. The first-order valence-electron chi connectivity index (χ1n) is 13.8. The van der Waals surface area contributed by atoms with Gasteiger partial charge in [-0.1, -0.05) is 32.4 Å². The summed E-state index contributed by atoms with van der Waals surface area (Å²) in [7, 11) is 0. The highest BCUT2D eigenvalue weighted by atomic mass is 16.3. The van der Waals surface area contributed by atoms with Crippen molar-refractivity contribution in [1.82, 2.24) is 10.6 Å². The van der Waals surface area contributed by atoms with E-state index < -0.39 is 29.6 Å². The summed E-state index contributed by atoms with van der Waals surface area (Å²) in [6.07, 6.45) is 9.70. The van der Waals surface area contributed by atoms with Crippen LogP contribution >= 0.6 is 0 Å². The number of carbonyl (C=O) groups excluding carboxylic acids is 4. The number of hydrogen-bond donors (Lipinski definition) is 4. The highest BCUT2D eigenvalue weighted by Crippen LogP contribution is 2.61. The SMILES string of the molecule is CC[C@H]1C[C@H]2C[C@@H]3[C@H]4C/C=C\C(=O)NCC[C@@H](O)[C@@H]5NC(=O)/C(=C(O)/C=C/[C@@H]4CC(=O)[C@H]3[C@@H]2[C@H]1C)C5=O. The van der Waals surface area contributed by atoms with Gasteiger partial charge in [-0.2, -0.15) is 0 Å². The van der Waals surface area contributed by atoms with Crippen molar-refractivity contribution in [3.05, 3.63) is 35.6 Å². The van der Waals surface area contributed by atoms with Gasteiger partial charge in [-0.15, -0.1) is 0 Å². The molecule has 3 saturated carbocycles. The lowest BCUT2D eigenvalue weighted by atomic mass is 9.63. The molecule has 0 aromatic carbocycles. The second-order valence-corrected chi connectivity index (χ2v) is 11.7. The van der Waals surface area contributed by atoms with Gasteiger partial charge in [0.25, 0.3) is 5.91 Å². The summed E-state index contributed by atoms with van der Waals surface area (Å²) in [6, 6.07) is -1.17. The molecule has 4 fully saturated rings. The van der Waals surface area contributed by atoms with Crippen molar-refractivity contribution < 1.29 is 29.4 Å². The molecule has 8 nitrogen and oxygen atoms in total. The van der Waals surface area contributed by atoms with Crippen LogP contribution in [0.4, 0.5) is 0 Å². The van der Waals surface area contributed by atoms with Crippen molar-refractivity contribution in [2.45, 2.75) is 64.5 Å². The van der Waals surface area contributed by atoms with E-state index in [1.807, 2.05) is 6.08 Å².